The van der Waals surface area contributed by atoms with Gasteiger partial charge in [-0.1, -0.05) is 6.07 Å². The molecule has 0 bridgehead atoms. The monoisotopic (exact) mass is 328 g/mol. The highest BCUT2D eigenvalue weighted by Gasteiger charge is 2.20. The first-order chi connectivity index (χ1) is 10.5. The highest BCUT2D eigenvalue weighted by atomic mass is 32.1. The summed E-state index contributed by atoms with van der Waals surface area (Å²) >= 11 is 1.57. The second-order valence-electron chi connectivity index (χ2n) is 4.92. The van der Waals surface area contributed by atoms with E-state index in [0.29, 0.717) is 6.54 Å². The van der Waals surface area contributed by atoms with E-state index in [2.05, 4.69) is 10.3 Å². The van der Waals surface area contributed by atoms with Crippen LogP contribution < -0.4 is 5.32 Å². The van der Waals surface area contributed by atoms with Crippen LogP contribution in [-0.2, 0) is 17.9 Å². The van der Waals surface area contributed by atoms with Crippen LogP contribution in [0.1, 0.15) is 24.2 Å². The fourth-order valence-corrected chi connectivity index (χ4v) is 2.58. The second kappa shape index (κ2) is 7.46. The van der Waals surface area contributed by atoms with Crippen LogP contribution in [0.3, 0.4) is 0 Å². The molecule has 0 aliphatic rings. The number of carbonyl (C=O) groups is 1. The lowest BCUT2D eigenvalue weighted by Crippen LogP contribution is -2.42. The first-order valence-corrected chi connectivity index (χ1v) is 7.67. The zero-order valence-electron chi connectivity index (χ0n) is 12.4. The molecular weight excluding hydrogens is 310 g/mol. The number of imidazole rings is 1. The molecule has 1 N–H and O–H groups in total. The Labute approximate surface area is 131 Å². The van der Waals surface area contributed by atoms with Crippen molar-refractivity contribution in [2.45, 2.75) is 32.6 Å². The third-order valence-corrected chi connectivity index (χ3v) is 4.28. The molecule has 0 aliphatic carbocycles. The zero-order chi connectivity index (χ0) is 16.1. The lowest BCUT2D eigenvalue weighted by molar-refractivity contribution is -0.125. The predicted octanol–water partition coefficient (Wildman–Crippen LogP) is 2.48. The largest absolute Gasteiger partial charge is 0.350 e. The Morgan fingerprint density at radius 3 is 2.95 bits per heavy atom. The fraction of sp³-hybridized carbons (Fsp3) is 0.429. The molecule has 8 heteroatoms. The fourth-order valence-electron chi connectivity index (χ4n) is 1.94. The van der Waals surface area contributed by atoms with Crippen molar-refractivity contribution in [3.05, 3.63) is 40.6 Å². The molecule has 0 saturated carbocycles. The number of aromatic nitrogens is 2. The summed E-state index contributed by atoms with van der Waals surface area (Å²) in [5.74, 6) is 0.0847. The van der Waals surface area contributed by atoms with E-state index in [1.54, 1.807) is 30.2 Å². The molecule has 2 heterocycles. The summed E-state index contributed by atoms with van der Waals surface area (Å²) in [6.45, 7) is -0.251. The minimum Gasteiger partial charge on any atom is -0.350 e. The zero-order valence-corrected chi connectivity index (χ0v) is 13.2. The number of halogens is 2. The first-order valence-electron chi connectivity index (χ1n) is 6.79. The van der Waals surface area contributed by atoms with E-state index in [4.69, 9.17) is 0 Å². The van der Waals surface area contributed by atoms with E-state index >= 15 is 0 Å². The lowest BCUT2D eigenvalue weighted by atomic mass is 10.2. The second-order valence-corrected chi connectivity index (χ2v) is 5.95. The van der Waals surface area contributed by atoms with Crippen LogP contribution in [-0.4, -0.2) is 33.4 Å². The molecule has 1 amide bonds. The molecule has 0 fully saturated rings. The van der Waals surface area contributed by atoms with Crippen molar-refractivity contribution in [3.8, 4) is 0 Å². The summed E-state index contributed by atoms with van der Waals surface area (Å²) in [7, 11) is 1.71. The van der Waals surface area contributed by atoms with Crippen molar-refractivity contribution in [3.63, 3.8) is 0 Å². The number of carbonyl (C=O) groups excluding carboxylic acids is 1. The normalized spacial score (nSPS) is 12.8. The van der Waals surface area contributed by atoms with E-state index in [-0.39, 0.29) is 18.3 Å². The first kappa shape index (κ1) is 16.6. The average Bonchev–Trinajstić information content (AvgIpc) is 3.14. The van der Waals surface area contributed by atoms with Crippen molar-refractivity contribution in [1.29, 1.82) is 0 Å². The maximum absolute atomic E-state index is 12.8. The number of amides is 1. The van der Waals surface area contributed by atoms with E-state index in [1.165, 1.54) is 12.4 Å². The van der Waals surface area contributed by atoms with Gasteiger partial charge in [0.1, 0.15) is 5.82 Å². The van der Waals surface area contributed by atoms with Gasteiger partial charge < -0.3 is 5.32 Å². The van der Waals surface area contributed by atoms with Crippen molar-refractivity contribution < 1.29 is 13.6 Å². The van der Waals surface area contributed by atoms with E-state index in [9.17, 15) is 13.6 Å². The molecule has 5 nitrogen and oxygen atoms in total. The summed E-state index contributed by atoms with van der Waals surface area (Å²) < 4.78 is 26.3. The number of likely N-dealkylation sites (N-methyl/N-ethyl adjacent to an activating group) is 1. The molecule has 120 valence electrons. The number of thiophene rings is 1. The van der Waals surface area contributed by atoms with Crippen molar-refractivity contribution in [2.24, 2.45) is 0 Å². The number of hydrogen-bond donors (Lipinski definition) is 1. The molecule has 0 radical (unpaired) electrons. The minimum atomic E-state index is -2.63. The summed E-state index contributed by atoms with van der Waals surface area (Å²) in [6.07, 6.45) is 2.56. The summed E-state index contributed by atoms with van der Waals surface area (Å²) in [5, 5.41) is 4.78. The number of hydrogen-bond acceptors (Lipinski definition) is 4. The quantitative estimate of drug-likeness (QED) is 0.849. The molecule has 0 saturated heterocycles. The third-order valence-electron chi connectivity index (χ3n) is 3.41. The van der Waals surface area contributed by atoms with Crippen LogP contribution in [0.5, 0.6) is 0 Å². The van der Waals surface area contributed by atoms with Gasteiger partial charge in [0.05, 0.1) is 19.1 Å². The van der Waals surface area contributed by atoms with Crippen molar-refractivity contribution in [1.82, 2.24) is 19.8 Å². The van der Waals surface area contributed by atoms with Crippen LogP contribution in [0.25, 0.3) is 0 Å². The molecule has 22 heavy (non-hydrogen) atoms. The number of nitrogens with zero attached hydrogens (tertiary/aromatic N) is 3. The van der Waals surface area contributed by atoms with Gasteiger partial charge in [0.2, 0.25) is 5.91 Å². The van der Waals surface area contributed by atoms with Crippen LogP contribution in [0, 0.1) is 0 Å². The van der Waals surface area contributed by atoms with Crippen molar-refractivity contribution >= 4 is 17.2 Å². The molecule has 0 spiro atoms. The molecule has 0 unspecified atom stereocenters. The molecule has 2 aromatic rings. The van der Waals surface area contributed by atoms with Gasteiger partial charge in [-0.2, -0.15) is 8.78 Å². The molecular formula is C14H18F2N4OS. The van der Waals surface area contributed by atoms with Gasteiger partial charge in [0, 0.05) is 17.3 Å². The van der Waals surface area contributed by atoms with Gasteiger partial charge in [0.25, 0.3) is 0 Å². The maximum atomic E-state index is 12.8. The molecule has 2 rings (SSSR count). The van der Waals surface area contributed by atoms with Gasteiger partial charge in [-0.25, -0.2) is 4.98 Å². The summed E-state index contributed by atoms with van der Waals surface area (Å²) in [4.78, 5) is 18.8. The van der Waals surface area contributed by atoms with Crippen LogP contribution in [0.2, 0.25) is 0 Å². The Morgan fingerprint density at radius 2 is 2.32 bits per heavy atom. The van der Waals surface area contributed by atoms with Crippen LogP contribution >= 0.6 is 11.3 Å². The van der Waals surface area contributed by atoms with Gasteiger partial charge >= 0.3 is 6.55 Å². The SMILES string of the molecule is C[C@@H](C(=O)NCc1cccs1)N(C)Cc1nccn1C(F)F. The minimum absolute atomic E-state index is 0.147. The van der Waals surface area contributed by atoms with E-state index in [1.807, 2.05) is 17.5 Å². The van der Waals surface area contributed by atoms with Gasteiger partial charge in [-0.05, 0) is 25.4 Å². The number of nitrogens with one attached hydrogen (secondary N) is 1. The molecule has 0 aromatic carbocycles. The lowest BCUT2D eigenvalue weighted by Gasteiger charge is -2.23. The average molecular weight is 328 g/mol. The number of alkyl halides is 2. The Morgan fingerprint density at radius 1 is 1.55 bits per heavy atom. The van der Waals surface area contributed by atoms with Gasteiger partial charge in [-0.3, -0.25) is 14.3 Å². The van der Waals surface area contributed by atoms with Gasteiger partial charge in [-0.15, -0.1) is 11.3 Å². The topological polar surface area (TPSA) is 50.2 Å². The maximum Gasteiger partial charge on any atom is 0.319 e. The standard InChI is InChI=1S/C14H18F2N4OS/c1-10(13(21)18-8-11-4-3-7-22-11)19(2)9-12-17-5-6-20(12)14(15)16/h3-7,10,14H,8-9H2,1-2H3,(H,18,21)/t10-/m0/s1. The number of rotatable bonds is 7. The Hall–Kier alpha value is -1.80. The Bertz CT molecular complexity index is 600. The van der Waals surface area contributed by atoms with Gasteiger partial charge in [0.15, 0.2) is 0 Å². The van der Waals surface area contributed by atoms with E-state index < -0.39 is 12.6 Å². The highest BCUT2D eigenvalue weighted by molar-refractivity contribution is 7.09. The smallest absolute Gasteiger partial charge is 0.319 e. The van der Waals surface area contributed by atoms with Crippen LogP contribution in [0.4, 0.5) is 8.78 Å². The van der Waals surface area contributed by atoms with E-state index in [0.717, 1.165) is 9.44 Å². The summed E-state index contributed by atoms with van der Waals surface area (Å²) in [6, 6.07) is 3.42. The molecule has 2 aromatic heterocycles. The Kier molecular flexibility index (Phi) is 5.62. The highest BCUT2D eigenvalue weighted by Crippen LogP contribution is 2.14. The predicted molar refractivity (Wildman–Crippen MR) is 80.6 cm³/mol. The van der Waals surface area contributed by atoms with Crippen molar-refractivity contribution in [2.75, 3.05) is 7.05 Å². The molecule has 0 aliphatic heterocycles. The Balaban J connectivity index is 1.89. The van der Waals surface area contributed by atoms with Crippen LogP contribution in [0.15, 0.2) is 29.9 Å². The third kappa shape index (κ3) is 4.11. The molecule has 1 atom stereocenters. The summed E-state index contributed by atoms with van der Waals surface area (Å²) in [5.41, 5.74) is 0.